The maximum Gasteiger partial charge on any atom is 0.272 e. The number of carbonyl (C=O) groups is 2. The molecule has 270 valence electrons. The Morgan fingerprint density at radius 3 is 2.54 bits per heavy atom. The van der Waals surface area contributed by atoms with Gasteiger partial charge in [-0.25, -0.2) is 9.97 Å². The van der Waals surface area contributed by atoms with Gasteiger partial charge in [0.05, 0.1) is 67.6 Å². The van der Waals surface area contributed by atoms with Crippen LogP contribution in [-0.4, -0.2) is 95.3 Å². The van der Waals surface area contributed by atoms with Gasteiger partial charge >= 0.3 is 0 Å². The SMILES string of the molecule is [B]C([B])(c1cccc(C(=O)N2CCCC2)n1)N1CC(n2ncc3c2[C@H](CC)N(C)c2c(Nc4cc(NC(=O)C5CC5)nc5cc[nH]c(=O)c45)cccc2-3)C1. The molecule has 54 heavy (non-hydrogen) atoms. The quantitative estimate of drug-likeness (QED) is 0.189. The molecule has 1 saturated carbocycles. The molecule has 0 bridgehead atoms. The second-order valence-corrected chi connectivity index (χ2v) is 14.9. The average molecular weight is 718 g/mol. The molecule has 15 heteroatoms. The largest absolute Gasteiger partial charge is 0.364 e. The van der Waals surface area contributed by atoms with Crippen LogP contribution in [0.3, 0.4) is 0 Å². The summed E-state index contributed by atoms with van der Waals surface area (Å²) in [6.07, 6.45) is 8.06. The van der Waals surface area contributed by atoms with Crippen LogP contribution in [0.2, 0.25) is 0 Å². The third-order valence-electron chi connectivity index (χ3n) is 11.4. The summed E-state index contributed by atoms with van der Waals surface area (Å²) in [6.45, 7) is 4.76. The van der Waals surface area contributed by atoms with Gasteiger partial charge in [-0.05, 0) is 61.7 Å². The van der Waals surface area contributed by atoms with E-state index in [-0.39, 0.29) is 35.4 Å². The van der Waals surface area contributed by atoms with Gasteiger partial charge < -0.3 is 30.3 Å². The highest BCUT2D eigenvalue weighted by Gasteiger charge is 2.43. The number of rotatable bonds is 9. The van der Waals surface area contributed by atoms with E-state index in [1.165, 1.54) is 0 Å². The first-order valence-electron chi connectivity index (χ1n) is 18.8. The lowest BCUT2D eigenvalue weighted by molar-refractivity contribution is -0.117. The van der Waals surface area contributed by atoms with Crippen LogP contribution in [0.1, 0.15) is 73.0 Å². The molecule has 5 aromatic rings. The number of para-hydroxylation sites is 1. The summed E-state index contributed by atoms with van der Waals surface area (Å²) in [5.74, 6) is 0.259. The van der Waals surface area contributed by atoms with Crippen molar-refractivity contribution in [2.24, 2.45) is 5.92 Å². The van der Waals surface area contributed by atoms with Gasteiger partial charge in [0.2, 0.25) is 5.91 Å². The number of fused-ring (bicyclic) bond motifs is 4. The monoisotopic (exact) mass is 718 g/mol. The first-order valence-corrected chi connectivity index (χ1v) is 18.8. The zero-order chi connectivity index (χ0) is 37.3. The van der Waals surface area contributed by atoms with E-state index in [0.717, 1.165) is 73.4 Å². The fourth-order valence-corrected chi connectivity index (χ4v) is 8.26. The van der Waals surface area contributed by atoms with Gasteiger partial charge in [-0.2, -0.15) is 5.10 Å². The molecule has 1 atom stereocenters. The van der Waals surface area contributed by atoms with E-state index in [1.54, 1.807) is 36.5 Å². The fraction of sp³-hybridized carbons (Fsp3) is 0.385. The van der Waals surface area contributed by atoms with E-state index >= 15 is 0 Å². The Balaban J connectivity index is 1.00. The van der Waals surface area contributed by atoms with Gasteiger partial charge in [-0.1, -0.05) is 25.1 Å². The van der Waals surface area contributed by atoms with Crippen molar-refractivity contribution in [1.82, 2.24) is 34.5 Å². The lowest BCUT2D eigenvalue weighted by atomic mass is 9.57. The molecule has 3 N–H and O–H groups in total. The number of amides is 2. The molecule has 4 radical (unpaired) electrons. The summed E-state index contributed by atoms with van der Waals surface area (Å²) in [6, 6.07) is 14.9. The Labute approximate surface area is 315 Å². The molecular formula is C39H40B2N10O3. The van der Waals surface area contributed by atoms with E-state index in [1.807, 2.05) is 28.1 Å². The minimum atomic E-state index is -1.36. The number of H-pyrrole nitrogens is 1. The molecule has 13 nitrogen and oxygen atoms in total. The third-order valence-corrected chi connectivity index (χ3v) is 11.4. The second kappa shape index (κ2) is 13.2. The van der Waals surface area contributed by atoms with E-state index in [9.17, 15) is 14.4 Å². The predicted molar refractivity (Wildman–Crippen MR) is 209 cm³/mol. The molecule has 0 spiro atoms. The normalized spacial score (nSPS) is 18.7. The number of hydrogen-bond donors (Lipinski definition) is 3. The van der Waals surface area contributed by atoms with Crippen LogP contribution in [0, 0.1) is 5.92 Å². The van der Waals surface area contributed by atoms with Crippen LogP contribution in [0.5, 0.6) is 0 Å². The van der Waals surface area contributed by atoms with Crippen LogP contribution in [0.25, 0.3) is 22.0 Å². The highest BCUT2D eigenvalue weighted by molar-refractivity contribution is 6.39. The molecule has 4 aromatic heterocycles. The second-order valence-electron chi connectivity index (χ2n) is 14.9. The molecular weight excluding hydrogens is 678 g/mol. The Kier molecular flexibility index (Phi) is 8.36. The zero-order valence-corrected chi connectivity index (χ0v) is 30.4. The third kappa shape index (κ3) is 5.76. The first-order chi connectivity index (χ1) is 26.1. The topological polar surface area (TPSA) is 144 Å². The predicted octanol–water partition coefficient (Wildman–Crippen LogP) is 4.41. The number of benzene rings is 1. The van der Waals surface area contributed by atoms with Gasteiger partial charge in [0.1, 0.15) is 11.5 Å². The number of nitrogens with zero attached hydrogens (tertiary/aromatic N) is 7. The number of pyridine rings is 3. The van der Waals surface area contributed by atoms with Crippen LogP contribution < -0.4 is 21.1 Å². The highest BCUT2D eigenvalue weighted by Crippen LogP contribution is 2.50. The molecule has 3 aliphatic heterocycles. The Hall–Kier alpha value is -5.43. The van der Waals surface area contributed by atoms with E-state index < -0.39 is 5.34 Å². The lowest BCUT2D eigenvalue weighted by Gasteiger charge is -2.50. The molecule has 7 heterocycles. The van der Waals surface area contributed by atoms with E-state index in [0.29, 0.717) is 46.9 Å². The molecule has 2 saturated heterocycles. The number of carbonyl (C=O) groups excluding carboxylic acids is 2. The highest BCUT2D eigenvalue weighted by atomic mass is 16.2. The fourth-order valence-electron chi connectivity index (χ4n) is 8.26. The summed E-state index contributed by atoms with van der Waals surface area (Å²) >= 11 is 0. The Morgan fingerprint density at radius 1 is 1.00 bits per heavy atom. The smallest absolute Gasteiger partial charge is 0.272 e. The van der Waals surface area contributed by atoms with Gasteiger partial charge in [0, 0.05) is 68.2 Å². The van der Waals surface area contributed by atoms with Gasteiger partial charge in [0.15, 0.2) is 0 Å². The molecule has 1 aliphatic carbocycles. The first kappa shape index (κ1) is 34.3. The van der Waals surface area contributed by atoms with Crippen molar-refractivity contribution in [2.45, 2.75) is 56.4 Å². The number of hydrogen-bond acceptors (Lipinski definition) is 9. The number of aromatic amines is 1. The standard InChI is InChI=1S/C39H40B2N10O3/c1-3-30-35-25(19-43-51(35)23-20-50(21-23)39(40,41)31-11-7-10-28(45-31)38(54)49-16-4-5-17-49)24-8-6-9-27(34(24)48(30)2)44-29-18-32(47-36(52)22-12-13-22)46-26-14-15-42-37(53)33(26)29/h6-11,14-15,18-19,22-23,30H,3-5,12-13,16-17,20-21H2,1-2H3,(H,42,53)(H2,44,46,47,52)/t30-/m0/s1. The van der Waals surface area contributed by atoms with E-state index in [4.69, 9.17) is 20.8 Å². The van der Waals surface area contributed by atoms with Gasteiger partial charge in [-0.3, -0.25) is 19.1 Å². The van der Waals surface area contributed by atoms with E-state index in [2.05, 4.69) is 55.2 Å². The lowest BCUT2D eigenvalue weighted by Crippen LogP contribution is -2.60. The number of likely N-dealkylation sites (tertiary alicyclic amines) is 2. The maximum atomic E-state index is 13.1. The summed E-state index contributed by atoms with van der Waals surface area (Å²) in [5.41, 5.74) is 6.51. The van der Waals surface area contributed by atoms with Crippen molar-refractivity contribution < 1.29 is 9.59 Å². The van der Waals surface area contributed by atoms with Crippen LogP contribution in [0.4, 0.5) is 22.9 Å². The minimum absolute atomic E-state index is 0.00608. The van der Waals surface area contributed by atoms with Crippen molar-refractivity contribution in [3.05, 3.63) is 88.4 Å². The molecule has 0 unspecified atom stereocenters. The zero-order valence-electron chi connectivity index (χ0n) is 30.4. The van der Waals surface area contributed by atoms with Crippen LogP contribution in [0.15, 0.2) is 65.7 Å². The van der Waals surface area contributed by atoms with Crippen LogP contribution >= 0.6 is 0 Å². The number of anilines is 4. The Bertz CT molecular complexity index is 2360. The van der Waals surface area contributed by atoms with Crippen LogP contribution in [-0.2, 0) is 10.1 Å². The minimum Gasteiger partial charge on any atom is -0.364 e. The Morgan fingerprint density at radius 2 is 1.78 bits per heavy atom. The molecule has 4 aliphatic rings. The molecule has 3 fully saturated rings. The van der Waals surface area contributed by atoms with Crippen molar-refractivity contribution in [3.63, 3.8) is 0 Å². The van der Waals surface area contributed by atoms with Crippen molar-refractivity contribution >= 4 is 61.3 Å². The van der Waals surface area contributed by atoms with Gasteiger partial charge in [-0.15, -0.1) is 0 Å². The number of aromatic nitrogens is 5. The average Bonchev–Trinajstić information content (AvgIpc) is 3.69. The van der Waals surface area contributed by atoms with Crippen molar-refractivity contribution in [2.75, 3.05) is 48.8 Å². The molecule has 1 aromatic carbocycles. The van der Waals surface area contributed by atoms with Crippen molar-refractivity contribution in [1.29, 1.82) is 0 Å². The van der Waals surface area contributed by atoms with Crippen molar-refractivity contribution in [3.8, 4) is 11.1 Å². The molecule has 2 amide bonds. The molecule has 9 rings (SSSR count). The summed E-state index contributed by atoms with van der Waals surface area (Å²) in [7, 11) is 15.6. The van der Waals surface area contributed by atoms with Gasteiger partial charge in [0.25, 0.3) is 11.5 Å². The summed E-state index contributed by atoms with van der Waals surface area (Å²) in [4.78, 5) is 56.9. The maximum absolute atomic E-state index is 13.1. The summed E-state index contributed by atoms with van der Waals surface area (Å²) in [5, 5.41) is 10.5. The number of nitrogens with one attached hydrogen (secondary N) is 3. The summed E-state index contributed by atoms with van der Waals surface area (Å²) < 4.78 is 2.11.